The molecule has 1 aromatic carbocycles. The van der Waals surface area contributed by atoms with E-state index in [0.717, 1.165) is 39.8 Å². The van der Waals surface area contributed by atoms with E-state index < -0.39 is 0 Å². The predicted molar refractivity (Wildman–Crippen MR) is 120 cm³/mol. The van der Waals surface area contributed by atoms with Crippen LogP contribution in [-0.4, -0.2) is 27.1 Å². The molecule has 3 N–H and O–H groups in total. The predicted octanol–water partition coefficient (Wildman–Crippen LogP) is 5.10. The minimum atomic E-state index is -0.347. The van der Waals surface area contributed by atoms with Gasteiger partial charge in [0.1, 0.15) is 12.4 Å². The van der Waals surface area contributed by atoms with Crippen LogP contribution in [0.1, 0.15) is 38.4 Å². The van der Waals surface area contributed by atoms with Gasteiger partial charge in [-0.25, -0.2) is 15.0 Å². The first-order valence-electron chi connectivity index (χ1n) is 9.77. The van der Waals surface area contributed by atoms with Crippen molar-refractivity contribution < 1.29 is 4.74 Å². The highest BCUT2D eigenvalue weighted by Crippen LogP contribution is 2.27. The fourth-order valence-corrected chi connectivity index (χ4v) is 3.97. The monoisotopic (exact) mass is 411 g/mol. The number of thiazole rings is 1. The summed E-state index contributed by atoms with van der Waals surface area (Å²) in [5.41, 5.74) is 9.89. The average molecular weight is 412 g/mol. The van der Waals surface area contributed by atoms with Crippen molar-refractivity contribution in [3.63, 3.8) is 0 Å². The van der Waals surface area contributed by atoms with Gasteiger partial charge in [0, 0.05) is 22.7 Å². The summed E-state index contributed by atoms with van der Waals surface area (Å²) in [7, 11) is 0. The second-order valence-corrected chi connectivity index (χ2v) is 9.06. The van der Waals surface area contributed by atoms with Gasteiger partial charge in [-0.2, -0.15) is 0 Å². The molecule has 1 atom stereocenters. The SMILES string of the molecule is Cc1csc(Nc2nccc(-c3ccc(OCC(C)(N)CC(C)C)c(C)c3)n2)n1. The molecule has 7 heteroatoms. The molecule has 29 heavy (non-hydrogen) atoms. The molecule has 0 bridgehead atoms. The molecule has 3 aromatic rings. The van der Waals surface area contributed by atoms with E-state index in [1.165, 1.54) is 11.3 Å². The van der Waals surface area contributed by atoms with Crippen LogP contribution in [0.2, 0.25) is 0 Å². The molecule has 6 nitrogen and oxygen atoms in total. The van der Waals surface area contributed by atoms with Crippen molar-refractivity contribution in [2.24, 2.45) is 11.7 Å². The quantitative estimate of drug-likeness (QED) is 0.536. The van der Waals surface area contributed by atoms with Crippen molar-refractivity contribution >= 4 is 22.4 Å². The number of anilines is 2. The molecule has 3 rings (SSSR count). The van der Waals surface area contributed by atoms with Gasteiger partial charge in [0.25, 0.3) is 0 Å². The lowest BCUT2D eigenvalue weighted by atomic mass is 9.93. The summed E-state index contributed by atoms with van der Waals surface area (Å²) in [5.74, 6) is 1.91. The summed E-state index contributed by atoms with van der Waals surface area (Å²) in [6.07, 6.45) is 2.66. The molecule has 2 aromatic heterocycles. The number of nitrogens with zero attached hydrogens (tertiary/aromatic N) is 3. The fraction of sp³-hybridized carbons (Fsp3) is 0.409. The maximum absolute atomic E-state index is 6.36. The number of aromatic nitrogens is 3. The summed E-state index contributed by atoms with van der Waals surface area (Å²) in [5, 5.41) is 5.93. The number of rotatable bonds is 8. The first-order valence-corrected chi connectivity index (χ1v) is 10.6. The van der Waals surface area contributed by atoms with Gasteiger partial charge in [0.2, 0.25) is 5.95 Å². The van der Waals surface area contributed by atoms with Crippen molar-refractivity contribution in [3.8, 4) is 17.0 Å². The van der Waals surface area contributed by atoms with Gasteiger partial charge in [-0.15, -0.1) is 11.3 Å². The smallest absolute Gasteiger partial charge is 0.229 e. The second-order valence-electron chi connectivity index (χ2n) is 8.21. The molecule has 0 aliphatic rings. The highest BCUT2D eigenvalue weighted by Gasteiger charge is 2.21. The normalized spacial score (nSPS) is 13.3. The largest absolute Gasteiger partial charge is 0.491 e. The molecule has 0 spiro atoms. The summed E-state index contributed by atoms with van der Waals surface area (Å²) in [6, 6.07) is 7.96. The Labute approximate surface area is 176 Å². The zero-order chi connectivity index (χ0) is 21.0. The molecular formula is C22H29N5OS. The van der Waals surface area contributed by atoms with Crippen LogP contribution in [0.25, 0.3) is 11.3 Å². The standard InChI is InChI=1S/C22H29N5OS/c1-14(2)11-22(5,23)13-28-19-7-6-17(10-15(19)3)18-8-9-24-20(26-18)27-21-25-16(4)12-29-21/h6-10,12,14H,11,13,23H2,1-5H3,(H,24,25,26,27). The molecule has 0 saturated carbocycles. The lowest BCUT2D eigenvalue weighted by Crippen LogP contribution is -2.43. The number of aryl methyl sites for hydroxylation is 2. The Morgan fingerprint density at radius 2 is 2.00 bits per heavy atom. The van der Waals surface area contributed by atoms with E-state index in [-0.39, 0.29) is 5.54 Å². The van der Waals surface area contributed by atoms with Gasteiger partial charge in [-0.3, -0.25) is 0 Å². The van der Waals surface area contributed by atoms with Gasteiger partial charge < -0.3 is 15.8 Å². The number of ether oxygens (including phenoxy) is 1. The lowest BCUT2D eigenvalue weighted by molar-refractivity contribution is 0.206. The molecule has 0 aliphatic carbocycles. The van der Waals surface area contributed by atoms with Crippen LogP contribution in [0.4, 0.5) is 11.1 Å². The first kappa shape index (κ1) is 21.2. The zero-order valence-electron chi connectivity index (χ0n) is 17.7. The number of hydrogen-bond acceptors (Lipinski definition) is 7. The van der Waals surface area contributed by atoms with Gasteiger partial charge in [-0.05, 0) is 62.9 Å². The molecule has 0 radical (unpaired) electrons. The molecule has 2 heterocycles. The maximum atomic E-state index is 6.36. The first-order chi connectivity index (χ1) is 13.7. The van der Waals surface area contributed by atoms with Crippen LogP contribution in [0, 0.1) is 19.8 Å². The van der Waals surface area contributed by atoms with Crippen molar-refractivity contribution in [1.29, 1.82) is 0 Å². The van der Waals surface area contributed by atoms with Crippen LogP contribution in [-0.2, 0) is 0 Å². The van der Waals surface area contributed by atoms with Gasteiger partial charge >= 0.3 is 0 Å². The summed E-state index contributed by atoms with van der Waals surface area (Å²) in [6.45, 7) is 10.9. The van der Waals surface area contributed by atoms with E-state index in [4.69, 9.17) is 10.5 Å². The minimum Gasteiger partial charge on any atom is -0.491 e. The lowest BCUT2D eigenvalue weighted by Gasteiger charge is -2.27. The topological polar surface area (TPSA) is 86.0 Å². The molecule has 0 amide bonds. The Bertz CT molecular complexity index is 967. The molecule has 154 valence electrons. The number of nitrogens with two attached hydrogens (primary N) is 1. The summed E-state index contributed by atoms with van der Waals surface area (Å²) >= 11 is 1.53. The van der Waals surface area contributed by atoms with Crippen molar-refractivity contribution in [3.05, 3.63) is 47.1 Å². The highest BCUT2D eigenvalue weighted by atomic mass is 32.1. The van der Waals surface area contributed by atoms with Crippen molar-refractivity contribution in [2.75, 3.05) is 11.9 Å². The van der Waals surface area contributed by atoms with Crippen molar-refractivity contribution in [1.82, 2.24) is 15.0 Å². The Balaban J connectivity index is 1.72. The Morgan fingerprint density at radius 3 is 2.66 bits per heavy atom. The maximum Gasteiger partial charge on any atom is 0.229 e. The van der Waals surface area contributed by atoms with Gasteiger partial charge in [0.05, 0.1) is 11.4 Å². The van der Waals surface area contributed by atoms with Gasteiger partial charge in [0.15, 0.2) is 5.13 Å². The Kier molecular flexibility index (Phi) is 6.49. The number of nitrogens with one attached hydrogen (secondary N) is 1. The van der Waals surface area contributed by atoms with E-state index in [1.54, 1.807) is 6.20 Å². The average Bonchev–Trinajstić information content (AvgIpc) is 3.04. The van der Waals surface area contributed by atoms with Crippen LogP contribution in [0.15, 0.2) is 35.8 Å². The van der Waals surface area contributed by atoms with Gasteiger partial charge in [-0.1, -0.05) is 13.8 Å². The van der Waals surface area contributed by atoms with Crippen LogP contribution < -0.4 is 15.8 Å². The van der Waals surface area contributed by atoms with Crippen LogP contribution >= 0.6 is 11.3 Å². The summed E-state index contributed by atoms with van der Waals surface area (Å²) in [4.78, 5) is 13.3. The third-order valence-corrected chi connectivity index (χ3v) is 5.27. The van der Waals surface area contributed by atoms with E-state index in [1.807, 2.05) is 44.4 Å². The summed E-state index contributed by atoms with van der Waals surface area (Å²) < 4.78 is 6.02. The van der Waals surface area contributed by atoms with E-state index >= 15 is 0 Å². The fourth-order valence-electron chi connectivity index (χ4n) is 3.29. The highest BCUT2D eigenvalue weighted by molar-refractivity contribution is 7.13. The number of hydrogen-bond donors (Lipinski definition) is 2. The molecule has 1 unspecified atom stereocenters. The molecular weight excluding hydrogens is 382 g/mol. The Morgan fingerprint density at radius 1 is 1.21 bits per heavy atom. The zero-order valence-corrected chi connectivity index (χ0v) is 18.5. The van der Waals surface area contributed by atoms with Crippen molar-refractivity contribution in [2.45, 2.75) is 46.6 Å². The van der Waals surface area contributed by atoms with E-state index in [0.29, 0.717) is 18.5 Å². The van der Waals surface area contributed by atoms with Crippen LogP contribution in [0.3, 0.4) is 0 Å². The van der Waals surface area contributed by atoms with Crippen LogP contribution in [0.5, 0.6) is 5.75 Å². The molecule has 0 saturated heterocycles. The third-order valence-electron chi connectivity index (χ3n) is 4.40. The van der Waals surface area contributed by atoms with E-state index in [2.05, 4.69) is 40.2 Å². The Hall–Kier alpha value is -2.51. The molecule has 0 aliphatic heterocycles. The second kappa shape index (κ2) is 8.88. The minimum absolute atomic E-state index is 0.347. The van der Waals surface area contributed by atoms with E-state index in [9.17, 15) is 0 Å². The molecule has 0 fully saturated rings. The third kappa shape index (κ3) is 5.98. The number of benzene rings is 1.